The van der Waals surface area contributed by atoms with Crippen LogP contribution in [0.15, 0.2) is 47.6 Å². The zero-order valence-corrected chi connectivity index (χ0v) is 16.1. The highest BCUT2D eigenvalue weighted by Crippen LogP contribution is 2.26. The smallest absolute Gasteiger partial charge is 0.233 e. The number of rotatable bonds is 6. The summed E-state index contributed by atoms with van der Waals surface area (Å²) in [6.07, 6.45) is 2.21. The van der Waals surface area contributed by atoms with Crippen molar-refractivity contribution in [3.05, 3.63) is 48.3 Å². The molecule has 2 aromatic carbocycles. The van der Waals surface area contributed by atoms with Gasteiger partial charge in [-0.25, -0.2) is 0 Å². The molecule has 7 heteroatoms. The average Bonchev–Trinajstić information content (AvgIpc) is 3.35. The molecule has 0 aliphatic carbocycles. The third-order valence-electron chi connectivity index (χ3n) is 4.81. The van der Waals surface area contributed by atoms with Crippen molar-refractivity contribution >= 4 is 28.4 Å². The number of thioether (sulfide) groups is 1. The van der Waals surface area contributed by atoms with Gasteiger partial charge in [-0.1, -0.05) is 48.2 Å². The predicted octanol–water partition coefficient (Wildman–Crippen LogP) is 3.26. The van der Waals surface area contributed by atoms with Gasteiger partial charge in [0.05, 0.1) is 5.75 Å². The predicted molar refractivity (Wildman–Crippen MR) is 106 cm³/mol. The topological polar surface area (TPSA) is 60.2 Å². The molecule has 0 N–H and O–H groups in total. The quantitative estimate of drug-likeness (QED) is 0.613. The number of hydrogen-bond acceptors (Lipinski definition) is 5. The maximum Gasteiger partial charge on any atom is 0.233 e. The van der Waals surface area contributed by atoms with Crippen LogP contribution in [0.5, 0.6) is 5.75 Å². The van der Waals surface area contributed by atoms with E-state index in [0.29, 0.717) is 12.4 Å². The van der Waals surface area contributed by atoms with E-state index in [4.69, 9.17) is 4.74 Å². The highest BCUT2D eigenvalue weighted by molar-refractivity contribution is 7.99. The van der Waals surface area contributed by atoms with Crippen molar-refractivity contribution < 1.29 is 9.53 Å². The maximum absolute atomic E-state index is 12.2. The van der Waals surface area contributed by atoms with E-state index in [9.17, 15) is 4.79 Å². The van der Waals surface area contributed by atoms with Crippen molar-refractivity contribution in [2.75, 3.05) is 18.8 Å². The number of carbonyl (C=O) groups is 1. The van der Waals surface area contributed by atoms with Crippen LogP contribution in [0.25, 0.3) is 10.8 Å². The fourth-order valence-corrected chi connectivity index (χ4v) is 4.08. The minimum Gasteiger partial charge on any atom is -0.485 e. The fraction of sp³-hybridized carbons (Fsp3) is 0.350. The van der Waals surface area contributed by atoms with E-state index < -0.39 is 0 Å². The van der Waals surface area contributed by atoms with Crippen LogP contribution in [0, 0.1) is 0 Å². The van der Waals surface area contributed by atoms with Gasteiger partial charge in [0.1, 0.15) is 12.4 Å². The molecule has 0 saturated carbocycles. The molecule has 0 unspecified atom stereocenters. The highest BCUT2D eigenvalue weighted by atomic mass is 32.2. The van der Waals surface area contributed by atoms with Crippen molar-refractivity contribution in [3.63, 3.8) is 0 Å². The van der Waals surface area contributed by atoms with E-state index in [-0.39, 0.29) is 5.91 Å². The molecule has 0 spiro atoms. The van der Waals surface area contributed by atoms with Gasteiger partial charge in [0.15, 0.2) is 11.0 Å². The summed E-state index contributed by atoms with van der Waals surface area (Å²) in [7, 11) is 1.91. The molecule has 1 aliphatic heterocycles. The summed E-state index contributed by atoms with van der Waals surface area (Å²) in [5.74, 6) is 2.14. The molecule has 140 valence electrons. The molecule has 2 heterocycles. The fourth-order valence-electron chi connectivity index (χ4n) is 3.24. The number of carbonyl (C=O) groups excluding carboxylic acids is 1. The Kier molecular flexibility index (Phi) is 5.29. The highest BCUT2D eigenvalue weighted by Gasteiger charge is 2.19. The second kappa shape index (κ2) is 8.00. The van der Waals surface area contributed by atoms with Gasteiger partial charge in [-0.3, -0.25) is 4.79 Å². The summed E-state index contributed by atoms with van der Waals surface area (Å²) in [6, 6.07) is 14.1. The summed E-state index contributed by atoms with van der Waals surface area (Å²) in [5, 5.41) is 11.4. The van der Waals surface area contributed by atoms with Crippen LogP contribution in [0.3, 0.4) is 0 Å². The lowest BCUT2D eigenvalue weighted by atomic mass is 10.1. The molecular weight excluding hydrogens is 360 g/mol. The number of ether oxygens (including phenoxy) is 1. The number of amides is 1. The van der Waals surface area contributed by atoms with Crippen molar-refractivity contribution in [2.24, 2.45) is 7.05 Å². The van der Waals surface area contributed by atoms with E-state index in [1.807, 2.05) is 46.8 Å². The van der Waals surface area contributed by atoms with Gasteiger partial charge in [-0.2, -0.15) is 0 Å². The normalized spacial score (nSPS) is 14.0. The Bertz CT molecular complexity index is 945. The van der Waals surface area contributed by atoms with Gasteiger partial charge in [-0.05, 0) is 24.3 Å². The number of aromatic nitrogens is 3. The summed E-state index contributed by atoms with van der Waals surface area (Å²) in [4.78, 5) is 14.1. The van der Waals surface area contributed by atoms with Crippen LogP contribution in [-0.2, 0) is 18.4 Å². The molecule has 0 radical (unpaired) electrons. The largest absolute Gasteiger partial charge is 0.485 e. The number of fused-ring (bicyclic) bond motifs is 1. The zero-order valence-electron chi connectivity index (χ0n) is 15.3. The Morgan fingerprint density at radius 2 is 1.89 bits per heavy atom. The van der Waals surface area contributed by atoms with Crippen LogP contribution < -0.4 is 4.74 Å². The Morgan fingerprint density at radius 1 is 1.11 bits per heavy atom. The number of likely N-dealkylation sites (tertiary alicyclic amines) is 1. The summed E-state index contributed by atoms with van der Waals surface area (Å²) >= 11 is 1.43. The molecule has 4 rings (SSSR count). The van der Waals surface area contributed by atoms with Gasteiger partial charge in [-0.15, -0.1) is 10.2 Å². The van der Waals surface area contributed by atoms with E-state index >= 15 is 0 Å². The summed E-state index contributed by atoms with van der Waals surface area (Å²) in [5.41, 5.74) is 0. The van der Waals surface area contributed by atoms with Gasteiger partial charge in [0.2, 0.25) is 5.91 Å². The third kappa shape index (κ3) is 3.93. The minimum atomic E-state index is 0.175. The van der Waals surface area contributed by atoms with Crippen molar-refractivity contribution in [1.82, 2.24) is 19.7 Å². The first-order valence-corrected chi connectivity index (χ1v) is 10.1. The van der Waals surface area contributed by atoms with Crippen LogP contribution in [0.2, 0.25) is 0 Å². The number of hydrogen-bond donors (Lipinski definition) is 0. The molecule has 27 heavy (non-hydrogen) atoms. The lowest BCUT2D eigenvalue weighted by molar-refractivity contribution is -0.127. The standard InChI is InChI=1S/C20H22N4O2S/c1-23-18(13-26-17-10-6-8-15-7-2-3-9-16(15)17)21-22-20(23)27-14-19(25)24-11-4-5-12-24/h2-3,6-10H,4-5,11-14H2,1H3. The number of benzene rings is 2. The molecule has 1 aromatic heterocycles. The lowest BCUT2D eigenvalue weighted by Crippen LogP contribution is -2.29. The Balaban J connectivity index is 1.39. The minimum absolute atomic E-state index is 0.175. The van der Waals surface area contributed by atoms with Crippen molar-refractivity contribution in [1.29, 1.82) is 0 Å². The summed E-state index contributed by atoms with van der Waals surface area (Å²) < 4.78 is 7.89. The Labute approximate surface area is 162 Å². The van der Waals surface area contributed by atoms with Crippen molar-refractivity contribution in [3.8, 4) is 5.75 Å². The molecule has 1 saturated heterocycles. The Morgan fingerprint density at radius 3 is 2.74 bits per heavy atom. The van der Waals surface area contributed by atoms with E-state index in [1.54, 1.807) is 0 Å². The van der Waals surface area contributed by atoms with Crippen molar-refractivity contribution in [2.45, 2.75) is 24.6 Å². The molecule has 1 fully saturated rings. The monoisotopic (exact) mass is 382 g/mol. The molecule has 0 bridgehead atoms. The first-order chi connectivity index (χ1) is 13.2. The van der Waals surface area contributed by atoms with E-state index in [1.165, 1.54) is 11.8 Å². The van der Waals surface area contributed by atoms with Crippen LogP contribution in [-0.4, -0.2) is 44.4 Å². The molecule has 1 aliphatic rings. The van der Waals surface area contributed by atoms with Gasteiger partial charge in [0, 0.05) is 25.5 Å². The van der Waals surface area contributed by atoms with Gasteiger partial charge < -0.3 is 14.2 Å². The lowest BCUT2D eigenvalue weighted by Gasteiger charge is -2.14. The number of nitrogens with zero attached hydrogens (tertiary/aromatic N) is 4. The van der Waals surface area contributed by atoms with Crippen LogP contribution >= 0.6 is 11.8 Å². The summed E-state index contributed by atoms with van der Waals surface area (Å²) in [6.45, 7) is 2.09. The van der Waals surface area contributed by atoms with E-state index in [2.05, 4.69) is 22.3 Å². The van der Waals surface area contributed by atoms with Gasteiger partial charge >= 0.3 is 0 Å². The second-order valence-corrected chi connectivity index (χ2v) is 7.54. The maximum atomic E-state index is 12.2. The van der Waals surface area contributed by atoms with Gasteiger partial charge in [0.25, 0.3) is 0 Å². The SMILES string of the molecule is Cn1c(COc2cccc3ccccc23)nnc1SCC(=O)N1CCCC1. The first kappa shape index (κ1) is 17.9. The second-order valence-electron chi connectivity index (χ2n) is 6.60. The van der Waals surface area contributed by atoms with Crippen LogP contribution in [0.4, 0.5) is 0 Å². The average molecular weight is 382 g/mol. The van der Waals surface area contributed by atoms with Crippen LogP contribution in [0.1, 0.15) is 18.7 Å². The third-order valence-corrected chi connectivity index (χ3v) is 5.82. The Hall–Kier alpha value is -2.54. The molecular formula is C20H22N4O2S. The molecule has 6 nitrogen and oxygen atoms in total. The zero-order chi connectivity index (χ0) is 18.6. The molecule has 3 aromatic rings. The van der Waals surface area contributed by atoms with E-state index in [0.717, 1.165) is 53.4 Å². The molecule has 0 atom stereocenters. The molecule has 1 amide bonds. The first-order valence-electron chi connectivity index (χ1n) is 9.12.